The highest BCUT2D eigenvalue weighted by Gasteiger charge is 2.24. The molecule has 1 atom stereocenters. The SMILES string of the molecule is CN(C)C(C)(C#N)CO. The summed E-state index contributed by atoms with van der Waals surface area (Å²) in [7, 11) is 3.53. The fraction of sp³-hybridized carbons (Fsp3) is 0.833. The zero-order chi connectivity index (χ0) is 7.49. The number of rotatable bonds is 2. The van der Waals surface area contributed by atoms with Crippen molar-refractivity contribution in [3.05, 3.63) is 0 Å². The highest BCUT2D eigenvalue weighted by atomic mass is 16.3. The van der Waals surface area contributed by atoms with Crippen LogP contribution in [0.15, 0.2) is 0 Å². The van der Waals surface area contributed by atoms with Gasteiger partial charge in [0.1, 0.15) is 5.54 Å². The Hall–Kier alpha value is -0.590. The Labute approximate surface area is 55.5 Å². The lowest BCUT2D eigenvalue weighted by molar-refractivity contribution is 0.130. The maximum Gasteiger partial charge on any atom is 0.129 e. The third-order valence-corrected chi connectivity index (χ3v) is 1.54. The van der Waals surface area contributed by atoms with Crippen LogP contribution >= 0.6 is 0 Å². The third-order valence-electron chi connectivity index (χ3n) is 1.54. The van der Waals surface area contributed by atoms with Gasteiger partial charge in [0, 0.05) is 0 Å². The van der Waals surface area contributed by atoms with Crippen LogP contribution in [0.2, 0.25) is 0 Å². The van der Waals surface area contributed by atoms with Crippen molar-refractivity contribution in [2.45, 2.75) is 12.5 Å². The first-order chi connectivity index (χ1) is 4.06. The van der Waals surface area contributed by atoms with Gasteiger partial charge in [0.2, 0.25) is 0 Å². The lowest BCUT2D eigenvalue weighted by Gasteiger charge is -2.26. The molecule has 3 nitrogen and oxygen atoms in total. The predicted molar refractivity (Wildman–Crippen MR) is 34.8 cm³/mol. The van der Waals surface area contributed by atoms with Crippen LogP contribution in [0.25, 0.3) is 0 Å². The molecule has 3 heteroatoms. The molecule has 0 rings (SSSR count). The molecule has 0 aliphatic heterocycles. The lowest BCUT2D eigenvalue weighted by atomic mass is 10.1. The highest BCUT2D eigenvalue weighted by molar-refractivity contribution is 5.03. The van der Waals surface area contributed by atoms with Crippen LogP contribution in [0.5, 0.6) is 0 Å². The van der Waals surface area contributed by atoms with E-state index in [0.717, 1.165) is 0 Å². The summed E-state index contributed by atoms with van der Waals surface area (Å²) in [5.41, 5.74) is -0.722. The van der Waals surface area contributed by atoms with E-state index in [1.165, 1.54) is 0 Å². The zero-order valence-electron chi connectivity index (χ0n) is 6.05. The summed E-state index contributed by atoms with van der Waals surface area (Å²) in [6, 6.07) is 2.00. The molecule has 0 saturated heterocycles. The smallest absolute Gasteiger partial charge is 0.129 e. The number of aliphatic hydroxyl groups is 1. The van der Waals surface area contributed by atoms with Crippen molar-refractivity contribution in [3.63, 3.8) is 0 Å². The maximum atomic E-state index is 8.69. The second kappa shape index (κ2) is 2.81. The summed E-state index contributed by atoms with van der Waals surface area (Å²) in [6.45, 7) is 1.56. The topological polar surface area (TPSA) is 47.3 Å². The van der Waals surface area contributed by atoms with Crippen LogP contribution in [0.4, 0.5) is 0 Å². The molecular weight excluding hydrogens is 116 g/mol. The van der Waals surface area contributed by atoms with Gasteiger partial charge < -0.3 is 5.11 Å². The van der Waals surface area contributed by atoms with Crippen molar-refractivity contribution >= 4 is 0 Å². The van der Waals surface area contributed by atoms with Gasteiger partial charge in [0.25, 0.3) is 0 Å². The number of hydrogen-bond donors (Lipinski definition) is 1. The van der Waals surface area contributed by atoms with Gasteiger partial charge in [0.15, 0.2) is 0 Å². The van der Waals surface area contributed by atoms with Crippen molar-refractivity contribution in [2.75, 3.05) is 20.7 Å². The van der Waals surface area contributed by atoms with Gasteiger partial charge in [-0.3, -0.25) is 4.90 Å². The first-order valence-corrected chi connectivity index (χ1v) is 2.76. The Balaban J connectivity index is 4.14. The van der Waals surface area contributed by atoms with Gasteiger partial charge in [-0.1, -0.05) is 0 Å². The molecular formula is C6H12N2O. The van der Waals surface area contributed by atoms with Crippen LogP contribution in [0, 0.1) is 11.3 Å². The number of hydrogen-bond acceptors (Lipinski definition) is 3. The first kappa shape index (κ1) is 8.41. The fourth-order valence-electron chi connectivity index (χ4n) is 0.277. The average Bonchev–Trinajstić information content (AvgIpc) is 1.86. The normalized spacial score (nSPS) is 16.9. The number of aliphatic hydroxyl groups excluding tert-OH is 1. The van der Waals surface area contributed by atoms with E-state index in [-0.39, 0.29) is 6.61 Å². The molecule has 0 radical (unpaired) electrons. The van der Waals surface area contributed by atoms with Gasteiger partial charge >= 0.3 is 0 Å². The molecule has 1 N–H and O–H groups in total. The number of nitrogens with zero attached hydrogens (tertiary/aromatic N) is 2. The summed E-state index contributed by atoms with van der Waals surface area (Å²) in [6.07, 6.45) is 0. The van der Waals surface area contributed by atoms with Crippen LogP contribution in [-0.2, 0) is 0 Å². The first-order valence-electron chi connectivity index (χ1n) is 2.76. The average molecular weight is 128 g/mol. The molecule has 0 bridgehead atoms. The van der Waals surface area contributed by atoms with Gasteiger partial charge in [-0.2, -0.15) is 5.26 Å². The zero-order valence-corrected chi connectivity index (χ0v) is 6.05. The van der Waals surface area contributed by atoms with Crippen LogP contribution in [-0.4, -0.2) is 36.2 Å². The van der Waals surface area contributed by atoms with Gasteiger partial charge in [-0.15, -0.1) is 0 Å². The predicted octanol–water partition coefficient (Wildman–Crippen LogP) is -0.177. The molecule has 0 fully saturated rings. The minimum atomic E-state index is -0.722. The van der Waals surface area contributed by atoms with Crippen LogP contribution in [0.3, 0.4) is 0 Å². The van der Waals surface area contributed by atoms with Gasteiger partial charge in [-0.05, 0) is 21.0 Å². The molecule has 0 amide bonds. The molecule has 0 heterocycles. The largest absolute Gasteiger partial charge is 0.393 e. The molecule has 0 spiro atoms. The van der Waals surface area contributed by atoms with E-state index in [1.807, 2.05) is 6.07 Å². The van der Waals surface area contributed by atoms with Crippen molar-refractivity contribution in [3.8, 4) is 6.07 Å². The summed E-state index contributed by atoms with van der Waals surface area (Å²) < 4.78 is 0. The minimum Gasteiger partial charge on any atom is -0.393 e. The van der Waals surface area contributed by atoms with Crippen molar-refractivity contribution in [1.82, 2.24) is 4.90 Å². The molecule has 0 aliphatic carbocycles. The summed E-state index contributed by atoms with van der Waals surface area (Å²) >= 11 is 0. The van der Waals surface area contributed by atoms with E-state index in [1.54, 1.807) is 25.9 Å². The number of nitriles is 1. The molecule has 0 aromatic heterocycles. The van der Waals surface area contributed by atoms with E-state index in [4.69, 9.17) is 10.4 Å². The quantitative estimate of drug-likeness (QED) is 0.561. The molecule has 0 aliphatic rings. The molecule has 0 aromatic carbocycles. The minimum absolute atomic E-state index is 0.128. The second-order valence-electron chi connectivity index (χ2n) is 2.44. The lowest BCUT2D eigenvalue weighted by Crippen LogP contribution is -2.43. The monoisotopic (exact) mass is 128 g/mol. The molecule has 0 aromatic rings. The Morgan fingerprint density at radius 2 is 2.11 bits per heavy atom. The molecule has 9 heavy (non-hydrogen) atoms. The fourth-order valence-corrected chi connectivity index (χ4v) is 0.277. The molecule has 0 saturated carbocycles. The molecule has 52 valence electrons. The summed E-state index contributed by atoms with van der Waals surface area (Å²) in [5, 5.41) is 17.2. The van der Waals surface area contributed by atoms with Crippen LogP contribution in [0.1, 0.15) is 6.92 Å². The van der Waals surface area contributed by atoms with E-state index < -0.39 is 5.54 Å². The summed E-state index contributed by atoms with van der Waals surface area (Å²) in [5.74, 6) is 0. The Morgan fingerprint density at radius 1 is 1.67 bits per heavy atom. The van der Waals surface area contributed by atoms with Crippen LogP contribution < -0.4 is 0 Å². The van der Waals surface area contributed by atoms with Gasteiger partial charge in [-0.25, -0.2) is 0 Å². The highest BCUT2D eigenvalue weighted by Crippen LogP contribution is 2.06. The standard InChI is InChI=1S/C6H12N2O/c1-6(4-7,5-9)8(2)3/h9H,5H2,1-3H3. The Kier molecular flexibility index (Phi) is 2.63. The van der Waals surface area contributed by atoms with Crippen molar-refractivity contribution in [1.29, 1.82) is 5.26 Å². The van der Waals surface area contributed by atoms with E-state index in [2.05, 4.69) is 0 Å². The maximum absolute atomic E-state index is 8.69. The summed E-state index contributed by atoms with van der Waals surface area (Å²) in [4.78, 5) is 1.69. The molecule has 1 unspecified atom stereocenters. The Bertz CT molecular complexity index is 128. The van der Waals surface area contributed by atoms with E-state index in [0.29, 0.717) is 0 Å². The van der Waals surface area contributed by atoms with Crippen molar-refractivity contribution < 1.29 is 5.11 Å². The van der Waals surface area contributed by atoms with E-state index in [9.17, 15) is 0 Å². The Morgan fingerprint density at radius 3 is 2.11 bits per heavy atom. The van der Waals surface area contributed by atoms with E-state index >= 15 is 0 Å². The third kappa shape index (κ3) is 1.67. The van der Waals surface area contributed by atoms with Crippen molar-refractivity contribution in [2.24, 2.45) is 0 Å². The van der Waals surface area contributed by atoms with Gasteiger partial charge in [0.05, 0.1) is 12.7 Å². The second-order valence-corrected chi connectivity index (χ2v) is 2.44. The number of likely N-dealkylation sites (N-methyl/N-ethyl adjacent to an activating group) is 1.